The van der Waals surface area contributed by atoms with Crippen molar-refractivity contribution in [1.29, 1.82) is 0 Å². The first-order valence-corrected chi connectivity index (χ1v) is 8.05. The standard InChI is InChI=1S/C17H14N4OS/c1-10-7-8-23-16(10)14-15-17(21-20-14)18-9-12(19-15)11-5-3-4-6-13(11)22-2/h3-9H,1-2H3,(H,18,20,21). The van der Waals surface area contributed by atoms with Crippen LogP contribution in [-0.2, 0) is 0 Å². The summed E-state index contributed by atoms with van der Waals surface area (Å²) < 4.78 is 5.43. The van der Waals surface area contributed by atoms with Crippen molar-refractivity contribution >= 4 is 22.5 Å². The number of para-hydroxylation sites is 1. The van der Waals surface area contributed by atoms with E-state index in [2.05, 4.69) is 33.6 Å². The molecule has 0 radical (unpaired) electrons. The Balaban J connectivity index is 1.92. The van der Waals surface area contributed by atoms with Gasteiger partial charge in [-0.1, -0.05) is 12.1 Å². The number of methoxy groups -OCH3 is 1. The Morgan fingerprint density at radius 2 is 2.04 bits per heavy atom. The molecule has 1 N–H and O–H groups in total. The molecule has 23 heavy (non-hydrogen) atoms. The van der Waals surface area contributed by atoms with Crippen LogP contribution in [0.25, 0.3) is 33.0 Å². The number of hydrogen-bond acceptors (Lipinski definition) is 5. The Bertz CT molecular complexity index is 989. The first kappa shape index (κ1) is 13.9. The van der Waals surface area contributed by atoms with E-state index in [9.17, 15) is 0 Å². The Hall–Kier alpha value is -2.73. The van der Waals surface area contributed by atoms with Gasteiger partial charge in [-0.3, -0.25) is 5.10 Å². The SMILES string of the molecule is COc1ccccc1-c1cnc2n[nH]c(-c3sccc3C)c2n1. The van der Waals surface area contributed by atoms with Crippen LogP contribution in [0, 0.1) is 6.92 Å². The molecule has 0 saturated carbocycles. The number of fused-ring (bicyclic) bond motifs is 1. The van der Waals surface area contributed by atoms with Crippen molar-refractivity contribution in [2.45, 2.75) is 6.92 Å². The van der Waals surface area contributed by atoms with E-state index in [1.54, 1.807) is 24.6 Å². The minimum Gasteiger partial charge on any atom is -0.496 e. The second-order valence-electron chi connectivity index (χ2n) is 5.16. The third kappa shape index (κ3) is 2.27. The van der Waals surface area contributed by atoms with Crippen LogP contribution < -0.4 is 4.74 Å². The van der Waals surface area contributed by atoms with Gasteiger partial charge in [-0.15, -0.1) is 11.3 Å². The Kier molecular flexibility index (Phi) is 3.31. The van der Waals surface area contributed by atoms with Crippen molar-refractivity contribution in [2.75, 3.05) is 7.11 Å². The van der Waals surface area contributed by atoms with Gasteiger partial charge in [-0.2, -0.15) is 5.10 Å². The minimum absolute atomic E-state index is 0.617. The molecule has 5 nitrogen and oxygen atoms in total. The van der Waals surface area contributed by atoms with Crippen LogP contribution in [0.3, 0.4) is 0 Å². The molecule has 0 amide bonds. The maximum absolute atomic E-state index is 5.43. The number of nitrogens with one attached hydrogen (secondary N) is 1. The van der Waals surface area contributed by atoms with E-state index in [4.69, 9.17) is 9.72 Å². The molecule has 3 heterocycles. The summed E-state index contributed by atoms with van der Waals surface area (Å²) in [5.41, 5.74) is 5.19. The molecule has 3 aromatic heterocycles. The molecule has 6 heteroatoms. The fraction of sp³-hybridized carbons (Fsp3) is 0.118. The van der Waals surface area contributed by atoms with Crippen LogP contribution >= 0.6 is 11.3 Å². The molecule has 4 aromatic rings. The molecule has 0 atom stereocenters. The van der Waals surface area contributed by atoms with Crippen LogP contribution in [0.2, 0.25) is 0 Å². The van der Waals surface area contributed by atoms with Gasteiger partial charge < -0.3 is 4.74 Å². The van der Waals surface area contributed by atoms with Gasteiger partial charge in [0.05, 0.1) is 23.9 Å². The van der Waals surface area contributed by atoms with Gasteiger partial charge in [-0.05, 0) is 36.1 Å². The summed E-state index contributed by atoms with van der Waals surface area (Å²) in [6.45, 7) is 2.08. The number of benzene rings is 1. The van der Waals surface area contributed by atoms with Gasteiger partial charge >= 0.3 is 0 Å². The maximum atomic E-state index is 5.43. The summed E-state index contributed by atoms with van der Waals surface area (Å²) >= 11 is 1.67. The van der Waals surface area contributed by atoms with Gasteiger partial charge in [0.1, 0.15) is 17.0 Å². The normalized spacial score (nSPS) is 11.0. The largest absolute Gasteiger partial charge is 0.496 e. The van der Waals surface area contributed by atoms with Gasteiger partial charge in [0, 0.05) is 5.56 Å². The van der Waals surface area contributed by atoms with Crippen molar-refractivity contribution in [1.82, 2.24) is 20.2 Å². The number of aryl methyl sites for hydroxylation is 1. The molecule has 4 rings (SSSR count). The number of rotatable bonds is 3. The highest BCUT2D eigenvalue weighted by Crippen LogP contribution is 2.33. The van der Waals surface area contributed by atoms with Crippen LogP contribution in [0.15, 0.2) is 41.9 Å². The van der Waals surface area contributed by atoms with Crippen LogP contribution in [0.5, 0.6) is 5.75 Å². The Morgan fingerprint density at radius 3 is 2.83 bits per heavy atom. The molecular weight excluding hydrogens is 308 g/mol. The molecule has 0 spiro atoms. The van der Waals surface area contributed by atoms with E-state index in [-0.39, 0.29) is 0 Å². The number of hydrogen-bond donors (Lipinski definition) is 1. The van der Waals surface area contributed by atoms with E-state index >= 15 is 0 Å². The summed E-state index contributed by atoms with van der Waals surface area (Å²) in [7, 11) is 1.66. The Labute approximate surface area is 137 Å². The van der Waals surface area contributed by atoms with Crippen LogP contribution in [0.4, 0.5) is 0 Å². The number of aromatic amines is 1. The van der Waals surface area contributed by atoms with Crippen LogP contribution in [0.1, 0.15) is 5.56 Å². The lowest BCUT2D eigenvalue weighted by atomic mass is 10.1. The van der Waals surface area contributed by atoms with Crippen molar-refractivity contribution in [3.63, 3.8) is 0 Å². The molecular formula is C17H14N4OS. The number of H-pyrrole nitrogens is 1. The smallest absolute Gasteiger partial charge is 0.200 e. The van der Waals surface area contributed by atoms with E-state index < -0.39 is 0 Å². The van der Waals surface area contributed by atoms with E-state index in [0.29, 0.717) is 5.65 Å². The van der Waals surface area contributed by atoms with Gasteiger partial charge in [0.15, 0.2) is 5.65 Å². The van der Waals surface area contributed by atoms with Gasteiger partial charge in [0.2, 0.25) is 0 Å². The molecule has 0 aliphatic rings. The zero-order chi connectivity index (χ0) is 15.8. The minimum atomic E-state index is 0.617. The highest BCUT2D eigenvalue weighted by molar-refractivity contribution is 7.13. The first-order chi connectivity index (χ1) is 11.3. The zero-order valence-electron chi connectivity index (χ0n) is 12.7. The monoisotopic (exact) mass is 322 g/mol. The number of aromatic nitrogens is 4. The quantitative estimate of drug-likeness (QED) is 0.617. The van der Waals surface area contributed by atoms with E-state index in [1.165, 1.54) is 5.56 Å². The molecule has 0 unspecified atom stereocenters. The number of thiophene rings is 1. The molecule has 0 saturated heterocycles. The van der Waals surface area contributed by atoms with Crippen molar-refractivity contribution in [2.24, 2.45) is 0 Å². The molecule has 0 fully saturated rings. The average Bonchev–Trinajstić information content (AvgIpc) is 3.19. The fourth-order valence-electron chi connectivity index (χ4n) is 2.57. The zero-order valence-corrected chi connectivity index (χ0v) is 13.5. The highest BCUT2D eigenvalue weighted by atomic mass is 32.1. The second-order valence-corrected chi connectivity index (χ2v) is 6.08. The predicted octanol–water partition coefficient (Wildman–Crippen LogP) is 4.07. The lowest BCUT2D eigenvalue weighted by Gasteiger charge is -2.07. The summed E-state index contributed by atoms with van der Waals surface area (Å²) in [6, 6.07) is 9.88. The summed E-state index contributed by atoms with van der Waals surface area (Å²) in [5, 5.41) is 9.40. The summed E-state index contributed by atoms with van der Waals surface area (Å²) in [6.07, 6.45) is 1.73. The maximum Gasteiger partial charge on any atom is 0.200 e. The predicted molar refractivity (Wildman–Crippen MR) is 91.7 cm³/mol. The number of ether oxygens (including phenoxy) is 1. The summed E-state index contributed by atoms with van der Waals surface area (Å²) in [4.78, 5) is 10.4. The molecule has 0 aliphatic heterocycles. The molecule has 114 valence electrons. The first-order valence-electron chi connectivity index (χ1n) is 7.17. The van der Waals surface area contributed by atoms with Gasteiger partial charge in [-0.25, -0.2) is 9.97 Å². The highest BCUT2D eigenvalue weighted by Gasteiger charge is 2.15. The van der Waals surface area contributed by atoms with E-state index in [0.717, 1.165) is 33.1 Å². The van der Waals surface area contributed by atoms with Crippen molar-refractivity contribution < 1.29 is 4.74 Å². The molecule has 1 aromatic carbocycles. The Morgan fingerprint density at radius 1 is 1.17 bits per heavy atom. The molecule has 0 bridgehead atoms. The second kappa shape index (κ2) is 5.48. The topological polar surface area (TPSA) is 63.7 Å². The lowest BCUT2D eigenvalue weighted by molar-refractivity contribution is 0.416. The molecule has 0 aliphatic carbocycles. The van der Waals surface area contributed by atoms with Crippen molar-refractivity contribution in [3.8, 4) is 27.6 Å². The van der Waals surface area contributed by atoms with Gasteiger partial charge in [0.25, 0.3) is 0 Å². The van der Waals surface area contributed by atoms with Crippen molar-refractivity contribution in [3.05, 3.63) is 47.5 Å². The van der Waals surface area contributed by atoms with E-state index in [1.807, 2.05) is 24.3 Å². The fourth-order valence-corrected chi connectivity index (χ4v) is 3.49. The van der Waals surface area contributed by atoms with Crippen LogP contribution in [-0.4, -0.2) is 27.3 Å². The third-order valence-corrected chi connectivity index (χ3v) is 4.77. The average molecular weight is 322 g/mol. The lowest BCUT2D eigenvalue weighted by Crippen LogP contribution is -1.92. The summed E-state index contributed by atoms with van der Waals surface area (Å²) in [5.74, 6) is 0.776. The number of nitrogens with zero attached hydrogens (tertiary/aromatic N) is 3. The third-order valence-electron chi connectivity index (χ3n) is 3.74.